The predicted octanol–water partition coefficient (Wildman–Crippen LogP) is 4.61. The van der Waals surface area contributed by atoms with Crippen molar-refractivity contribution >= 4 is 27.7 Å². The first kappa shape index (κ1) is 16.3. The van der Waals surface area contributed by atoms with Crippen LogP contribution >= 0.6 is 27.7 Å². The molecule has 2 nitrogen and oxygen atoms in total. The van der Waals surface area contributed by atoms with Gasteiger partial charge >= 0.3 is 0 Å². The van der Waals surface area contributed by atoms with Gasteiger partial charge in [0.2, 0.25) is 0 Å². The van der Waals surface area contributed by atoms with Crippen molar-refractivity contribution in [1.29, 1.82) is 0 Å². The van der Waals surface area contributed by atoms with Crippen LogP contribution in [0.1, 0.15) is 39.2 Å². The lowest BCUT2D eigenvalue weighted by Crippen LogP contribution is -2.35. The van der Waals surface area contributed by atoms with Crippen molar-refractivity contribution in [3.05, 3.63) is 28.2 Å². The molecule has 1 heterocycles. The maximum absolute atomic E-state index is 5.45. The summed E-state index contributed by atoms with van der Waals surface area (Å²) in [7, 11) is 0. The molecule has 0 aromatic heterocycles. The molecule has 112 valence electrons. The Labute approximate surface area is 135 Å². The molecule has 1 aromatic rings. The summed E-state index contributed by atoms with van der Waals surface area (Å²) in [4.78, 5) is 1.39. The van der Waals surface area contributed by atoms with E-state index in [1.165, 1.54) is 10.5 Å². The van der Waals surface area contributed by atoms with Gasteiger partial charge in [0.25, 0.3) is 0 Å². The van der Waals surface area contributed by atoms with Gasteiger partial charge in [-0.25, -0.2) is 0 Å². The predicted molar refractivity (Wildman–Crippen MR) is 90.4 cm³/mol. The van der Waals surface area contributed by atoms with Crippen LogP contribution < -0.4 is 5.32 Å². The standard InChI is InChI=1S/C16H24BrNOS/c1-16(2,3)18-11-12-4-5-13(17)10-15(12)20-14-6-8-19-9-7-14/h4-5,10,14,18H,6-9,11H2,1-3H3. The summed E-state index contributed by atoms with van der Waals surface area (Å²) in [5.41, 5.74) is 1.54. The van der Waals surface area contributed by atoms with Crippen LogP contribution in [0.2, 0.25) is 0 Å². The molecule has 1 aliphatic heterocycles. The molecule has 0 saturated carbocycles. The monoisotopic (exact) mass is 357 g/mol. The zero-order valence-corrected chi connectivity index (χ0v) is 14.9. The van der Waals surface area contributed by atoms with E-state index < -0.39 is 0 Å². The van der Waals surface area contributed by atoms with Crippen molar-refractivity contribution in [1.82, 2.24) is 5.32 Å². The molecule has 1 fully saturated rings. The summed E-state index contributed by atoms with van der Waals surface area (Å²) < 4.78 is 6.61. The molecule has 0 unspecified atom stereocenters. The van der Waals surface area contributed by atoms with Gasteiger partial charge in [0.05, 0.1) is 0 Å². The highest BCUT2D eigenvalue weighted by Crippen LogP contribution is 2.34. The smallest absolute Gasteiger partial charge is 0.0476 e. The molecule has 0 aliphatic carbocycles. The van der Waals surface area contributed by atoms with Crippen molar-refractivity contribution < 1.29 is 4.74 Å². The number of ether oxygens (including phenoxy) is 1. The van der Waals surface area contributed by atoms with E-state index in [1.807, 2.05) is 11.8 Å². The Morgan fingerprint density at radius 1 is 1.30 bits per heavy atom. The second-order valence-electron chi connectivity index (χ2n) is 6.29. The number of hydrogen-bond donors (Lipinski definition) is 1. The first-order valence-corrected chi connectivity index (χ1v) is 8.89. The number of halogens is 1. The van der Waals surface area contributed by atoms with E-state index in [-0.39, 0.29) is 5.54 Å². The van der Waals surface area contributed by atoms with Gasteiger partial charge in [-0.3, -0.25) is 0 Å². The maximum Gasteiger partial charge on any atom is 0.0476 e. The summed E-state index contributed by atoms with van der Waals surface area (Å²) in [5.74, 6) is 0. The third-order valence-electron chi connectivity index (χ3n) is 3.30. The summed E-state index contributed by atoms with van der Waals surface area (Å²) in [6.45, 7) is 9.34. The third kappa shape index (κ3) is 5.40. The highest BCUT2D eigenvalue weighted by molar-refractivity contribution is 9.10. The van der Waals surface area contributed by atoms with Crippen molar-refractivity contribution in [2.75, 3.05) is 13.2 Å². The van der Waals surface area contributed by atoms with E-state index in [0.29, 0.717) is 5.25 Å². The Hall–Kier alpha value is -0.0300. The lowest BCUT2D eigenvalue weighted by atomic mass is 10.1. The van der Waals surface area contributed by atoms with Crippen molar-refractivity contribution in [2.45, 2.75) is 55.8 Å². The molecule has 0 atom stereocenters. The fraction of sp³-hybridized carbons (Fsp3) is 0.625. The topological polar surface area (TPSA) is 21.3 Å². The minimum atomic E-state index is 0.147. The van der Waals surface area contributed by atoms with Crippen LogP contribution in [0.25, 0.3) is 0 Å². The summed E-state index contributed by atoms with van der Waals surface area (Å²) >= 11 is 5.60. The van der Waals surface area contributed by atoms with E-state index in [9.17, 15) is 0 Å². The maximum atomic E-state index is 5.45. The number of thioether (sulfide) groups is 1. The van der Waals surface area contributed by atoms with Crippen LogP contribution in [-0.2, 0) is 11.3 Å². The van der Waals surface area contributed by atoms with E-state index in [0.717, 1.165) is 37.1 Å². The van der Waals surface area contributed by atoms with Crippen LogP contribution in [0.4, 0.5) is 0 Å². The Balaban J connectivity index is 2.06. The van der Waals surface area contributed by atoms with Crippen molar-refractivity contribution in [3.8, 4) is 0 Å². The molecule has 4 heteroatoms. The van der Waals surface area contributed by atoms with Gasteiger partial charge in [-0.05, 0) is 51.3 Å². The quantitative estimate of drug-likeness (QED) is 0.849. The summed E-state index contributed by atoms with van der Waals surface area (Å²) in [6.07, 6.45) is 2.31. The Bertz CT molecular complexity index is 439. The van der Waals surface area contributed by atoms with E-state index in [1.54, 1.807) is 0 Å². The minimum Gasteiger partial charge on any atom is -0.381 e. The van der Waals surface area contributed by atoms with Gasteiger partial charge in [0.15, 0.2) is 0 Å². The van der Waals surface area contributed by atoms with Crippen molar-refractivity contribution in [2.24, 2.45) is 0 Å². The average Bonchev–Trinajstić information content (AvgIpc) is 2.38. The molecule has 0 spiro atoms. The molecule has 1 aromatic carbocycles. The Morgan fingerprint density at radius 3 is 2.65 bits per heavy atom. The molecule has 1 N–H and O–H groups in total. The molecule has 1 aliphatic rings. The Kier molecular flexibility index (Phi) is 5.96. The lowest BCUT2D eigenvalue weighted by molar-refractivity contribution is 0.1000. The number of nitrogens with one attached hydrogen (secondary N) is 1. The van der Waals surface area contributed by atoms with Gasteiger partial charge in [-0.1, -0.05) is 22.0 Å². The zero-order chi connectivity index (χ0) is 14.6. The molecule has 0 amide bonds. The SMILES string of the molecule is CC(C)(C)NCc1ccc(Br)cc1SC1CCOCC1. The summed E-state index contributed by atoms with van der Waals surface area (Å²) in [6, 6.07) is 6.61. The van der Waals surface area contributed by atoms with E-state index in [2.05, 4.69) is 60.2 Å². The lowest BCUT2D eigenvalue weighted by Gasteiger charge is -2.24. The molecular formula is C16H24BrNOS. The van der Waals surface area contributed by atoms with Crippen LogP contribution in [0.3, 0.4) is 0 Å². The fourth-order valence-electron chi connectivity index (χ4n) is 2.12. The van der Waals surface area contributed by atoms with Crippen LogP contribution in [-0.4, -0.2) is 24.0 Å². The minimum absolute atomic E-state index is 0.147. The first-order valence-electron chi connectivity index (χ1n) is 7.22. The molecule has 1 saturated heterocycles. The fourth-order valence-corrected chi connectivity index (χ4v) is 3.90. The third-order valence-corrected chi connectivity index (χ3v) is 5.23. The molecule has 2 rings (SSSR count). The number of benzene rings is 1. The van der Waals surface area contributed by atoms with Crippen LogP contribution in [0.5, 0.6) is 0 Å². The number of hydrogen-bond acceptors (Lipinski definition) is 3. The average molecular weight is 358 g/mol. The van der Waals surface area contributed by atoms with Gasteiger partial charge in [-0.15, -0.1) is 11.8 Å². The molecular weight excluding hydrogens is 334 g/mol. The van der Waals surface area contributed by atoms with Crippen molar-refractivity contribution in [3.63, 3.8) is 0 Å². The Morgan fingerprint density at radius 2 is 2.00 bits per heavy atom. The van der Waals surface area contributed by atoms with E-state index in [4.69, 9.17) is 4.74 Å². The second kappa shape index (κ2) is 7.30. The summed E-state index contributed by atoms with van der Waals surface area (Å²) in [5, 5.41) is 4.27. The second-order valence-corrected chi connectivity index (χ2v) is 8.54. The highest BCUT2D eigenvalue weighted by Gasteiger charge is 2.17. The highest BCUT2D eigenvalue weighted by atomic mass is 79.9. The molecule has 0 radical (unpaired) electrons. The molecule has 0 bridgehead atoms. The van der Waals surface area contributed by atoms with Gasteiger partial charge in [0.1, 0.15) is 0 Å². The molecule has 20 heavy (non-hydrogen) atoms. The van der Waals surface area contributed by atoms with E-state index >= 15 is 0 Å². The normalized spacial score (nSPS) is 17.4. The van der Waals surface area contributed by atoms with Gasteiger partial charge in [-0.2, -0.15) is 0 Å². The number of rotatable bonds is 4. The van der Waals surface area contributed by atoms with Crippen LogP contribution in [0, 0.1) is 0 Å². The van der Waals surface area contributed by atoms with Crippen LogP contribution in [0.15, 0.2) is 27.6 Å². The van der Waals surface area contributed by atoms with Gasteiger partial charge in [0, 0.05) is 39.9 Å². The van der Waals surface area contributed by atoms with Gasteiger partial charge < -0.3 is 10.1 Å². The largest absolute Gasteiger partial charge is 0.381 e. The zero-order valence-electron chi connectivity index (χ0n) is 12.5. The first-order chi connectivity index (χ1) is 9.44.